The van der Waals surface area contributed by atoms with Gasteiger partial charge in [-0.25, -0.2) is 0 Å². The maximum Gasteiger partial charge on any atom is 0.169 e. The van der Waals surface area contributed by atoms with E-state index in [1.807, 2.05) is 0 Å². The molecule has 0 aromatic rings. The number of hydrogen-bond donors (Lipinski definition) is 1. The zero-order chi connectivity index (χ0) is 11.8. The second kappa shape index (κ2) is 4.28. The second-order valence-electron chi connectivity index (χ2n) is 6.28. The van der Waals surface area contributed by atoms with Gasteiger partial charge >= 0.3 is 0 Å². The lowest BCUT2D eigenvalue weighted by molar-refractivity contribution is -0.199. The van der Waals surface area contributed by atoms with E-state index < -0.39 is 0 Å². The lowest BCUT2D eigenvalue weighted by atomic mass is 9.71. The first-order valence-electron chi connectivity index (χ1n) is 6.38. The zero-order valence-electron chi connectivity index (χ0n) is 10.7. The predicted molar refractivity (Wildman–Crippen MR) is 62.1 cm³/mol. The lowest BCUT2D eigenvalue weighted by Crippen LogP contribution is -2.39. The average molecular weight is 228 g/mol. The normalized spacial score (nSPS) is 40.5. The van der Waals surface area contributed by atoms with E-state index in [1.165, 1.54) is 12.8 Å². The Morgan fingerprint density at radius 2 is 1.88 bits per heavy atom. The van der Waals surface area contributed by atoms with Crippen LogP contribution in [0.15, 0.2) is 0 Å². The quantitative estimate of drug-likeness (QED) is 0.748. The van der Waals surface area contributed by atoms with E-state index in [0.29, 0.717) is 12.0 Å². The molecule has 0 amide bonds. The van der Waals surface area contributed by atoms with E-state index in [9.17, 15) is 0 Å². The first kappa shape index (κ1) is 12.3. The minimum absolute atomic E-state index is 0.0739. The summed E-state index contributed by atoms with van der Waals surface area (Å²) >= 11 is 0. The van der Waals surface area contributed by atoms with E-state index >= 15 is 0 Å². The summed E-state index contributed by atoms with van der Waals surface area (Å²) in [5.41, 5.74) is 0.386. The number of ether oxygens (including phenoxy) is 2. The molecule has 1 aliphatic heterocycles. The van der Waals surface area contributed by atoms with Gasteiger partial charge in [0.05, 0.1) is 13.2 Å². The van der Waals surface area contributed by atoms with Gasteiger partial charge in [-0.2, -0.15) is 0 Å². The molecule has 1 saturated heterocycles. The van der Waals surface area contributed by atoms with Crippen molar-refractivity contribution in [1.29, 1.82) is 0 Å². The third-order valence-corrected chi connectivity index (χ3v) is 4.09. The molecule has 1 atom stereocenters. The first-order chi connectivity index (χ1) is 7.45. The van der Waals surface area contributed by atoms with Gasteiger partial charge in [0.15, 0.2) is 5.79 Å². The molecule has 3 nitrogen and oxygen atoms in total. The van der Waals surface area contributed by atoms with Crippen molar-refractivity contribution in [2.75, 3.05) is 13.2 Å². The summed E-state index contributed by atoms with van der Waals surface area (Å²) in [4.78, 5) is 0. The Morgan fingerprint density at radius 3 is 2.31 bits per heavy atom. The monoisotopic (exact) mass is 228 g/mol. The maximum absolute atomic E-state index is 9.06. The van der Waals surface area contributed by atoms with Gasteiger partial charge in [0.25, 0.3) is 0 Å². The number of hydrogen-bond acceptors (Lipinski definition) is 3. The Hall–Kier alpha value is -0.120. The highest BCUT2D eigenvalue weighted by atomic mass is 16.7. The topological polar surface area (TPSA) is 38.7 Å². The lowest BCUT2D eigenvalue weighted by Gasteiger charge is -2.41. The van der Waals surface area contributed by atoms with E-state index in [-0.39, 0.29) is 18.5 Å². The highest BCUT2D eigenvalue weighted by molar-refractivity contribution is 4.88. The molecular weight excluding hydrogens is 204 g/mol. The predicted octanol–water partition coefficient (Wildman–Crippen LogP) is 2.33. The summed E-state index contributed by atoms with van der Waals surface area (Å²) < 4.78 is 11.6. The van der Waals surface area contributed by atoms with Gasteiger partial charge in [-0.05, 0) is 24.2 Å². The molecule has 1 N–H and O–H groups in total. The summed E-state index contributed by atoms with van der Waals surface area (Å²) in [6.45, 7) is 7.55. The highest BCUT2D eigenvalue weighted by Crippen LogP contribution is 2.45. The van der Waals surface area contributed by atoms with Crippen molar-refractivity contribution in [2.24, 2.45) is 11.3 Å². The van der Waals surface area contributed by atoms with Crippen LogP contribution in [0.3, 0.4) is 0 Å². The van der Waals surface area contributed by atoms with Crippen molar-refractivity contribution < 1.29 is 14.6 Å². The Morgan fingerprint density at radius 1 is 1.25 bits per heavy atom. The van der Waals surface area contributed by atoms with Crippen LogP contribution in [0.2, 0.25) is 0 Å². The minimum Gasteiger partial charge on any atom is -0.394 e. The van der Waals surface area contributed by atoms with Crippen LogP contribution in [-0.4, -0.2) is 30.2 Å². The van der Waals surface area contributed by atoms with Crippen molar-refractivity contribution in [1.82, 2.24) is 0 Å². The fourth-order valence-electron chi connectivity index (χ4n) is 2.89. The largest absolute Gasteiger partial charge is 0.394 e. The van der Waals surface area contributed by atoms with Gasteiger partial charge in [0.1, 0.15) is 6.10 Å². The van der Waals surface area contributed by atoms with Crippen LogP contribution in [0.4, 0.5) is 0 Å². The van der Waals surface area contributed by atoms with Crippen molar-refractivity contribution in [3.63, 3.8) is 0 Å². The van der Waals surface area contributed by atoms with Gasteiger partial charge in [0, 0.05) is 12.8 Å². The van der Waals surface area contributed by atoms with Crippen LogP contribution in [0.25, 0.3) is 0 Å². The number of rotatable bonds is 1. The summed E-state index contributed by atoms with van der Waals surface area (Å²) in [5.74, 6) is 0.397. The van der Waals surface area contributed by atoms with Gasteiger partial charge in [-0.1, -0.05) is 20.8 Å². The third-order valence-electron chi connectivity index (χ3n) is 4.09. The molecule has 1 heterocycles. The third kappa shape index (κ3) is 2.41. The van der Waals surface area contributed by atoms with Crippen molar-refractivity contribution >= 4 is 0 Å². The molecular formula is C13H24O3. The molecule has 0 aromatic heterocycles. The minimum atomic E-state index is -0.366. The zero-order valence-corrected chi connectivity index (χ0v) is 10.7. The smallest absolute Gasteiger partial charge is 0.169 e. The molecule has 0 bridgehead atoms. The number of aliphatic hydroxyl groups excluding tert-OH is 1. The molecule has 2 rings (SSSR count). The van der Waals surface area contributed by atoms with Gasteiger partial charge < -0.3 is 14.6 Å². The van der Waals surface area contributed by atoms with Crippen LogP contribution >= 0.6 is 0 Å². The summed E-state index contributed by atoms with van der Waals surface area (Å²) in [6.07, 6.45) is 4.19. The molecule has 1 saturated carbocycles. The molecule has 2 fully saturated rings. The van der Waals surface area contributed by atoms with Gasteiger partial charge in [-0.3, -0.25) is 0 Å². The van der Waals surface area contributed by atoms with Crippen molar-refractivity contribution in [2.45, 2.75) is 58.3 Å². The van der Waals surface area contributed by atoms with E-state index in [2.05, 4.69) is 20.8 Å². The average Bonchev–Trinajstić information content (AvgIpc) is 2.61. The standard InChI is InChI=1S/C13H24O3/c1-12(2,3)10-4-6-13(7-5-10)15-9-11(8-14)16-13/h10-11,14H,4-9H2,1-3H3. The molecule has 1 aliphatic carbocycles. The van der Waals surface area contributed by atoms with Crippen molar-refractivity contribution in [3.8, 4) is 0 Å². The van der Waals surface area contributed by atoms with E-state index in [0.717, 1.165) is 18.8 Å². The molecule has 16 heavy (non-hydrogen) atoms. The SMILES string of the molecule is CC(C)(C)C1CCC2(CC1)OCC(CO)O2. The van der Waals surface area contributed by atoms with Gasteiger partial charge in [-0.15, -0.1) is 0 Å². The summed E-state index contributed by atoms with van der Waals surface area (Å²) in [5, 5.41) is 9.06. The van der Waals surface area contributed by atoms with E-state index in [4.69, 9.17) is 14.6 Å². The Labute approximate surface area is 98.1 Å². The Kier molecular flexibility index (Phi) is 3.30. The van der Waals surface area contributed by atoms with Crippen LogP contribution in [-0.2, 0) is 9.47 Å². The van der Waals surface area contributed by atoms with Crippen LogP contribution in [0, 0.1) is 11.3 Å². The second-order valence-corrected chi connectivity index (χ2v) is 6.28. The molecule has 94 valence electrons. The van der Waals surface area contributed by atoms with Crippen molar-refractivity contribution in [3.05, 3.63) is 0 Å². The molecule has 0 radical (unpaired) electrons. The van der Waals surface area contributed by atoms with Crippen LogP contribution < -0.4 is 0 Å². The number of aliphatic hydroxyl groups is 1. The molecule has 3 heteroatoms. The molecule has 2 aliphatic rings. The van der Waals surface area contributed by atoms with Gasteiger partial charge in [0.2, 0.25) is 0 Å². The fourth-order valence-corrected chi connectivity index (χ4v) is 2.89. The molecule has 0 aromatic carbocycles. The summed E-state index contributed by atoms with van der Waals surface area (Å²) in [6, 6.07) is 0. The van der Waals surface area contributed by atoms with E-state index in [1.54, 1.807) is 0 Å². The fraction of sp³-hybridized carbons (Fsp3) is 1.00. The Bertz CT molecular complexity index is 236. The highest BCUT2D eigenvalue weighted by Gasteiger charge is 2.45. The van der Waals surface area contributed by atoms with Crippen LogP contribution in [0.5, 0.6) is 0 Å². The summed E-state index contributed by atoms with van der Waals surface area (Å²) in [7, 11) is 0. The van der Waals surface area contributed by atoms with Crippen LogP contribution in [0.1, 0.15) is 46.5 Å². The first-order valence-corrected chi connectivity index (χ1v) is 6.38. The molecule has 1 spiro atoms. The molecule has 1 unspecified atom stereocenters. The Balaban J connectivity index is 1.90. The maximum atomic E-state index is 9.06.